The Morgan fingerprint density at radius 3 is 1.91 bits per heavy atom. The van der Waals surface area contributed by atoms with Crippen molar-refractivity contribution < 1.29 is 35.0 Å². The van der Waals surface area contributed by atoms with Crippen LogP contribution in [0.4, 0.5) is 5.69 Å². The van der Waals surface area contributed by atoms with Gasteiger partial charge in [-0.05, 0) is 13.8 Å². The second-order valence-electron chi connectivity index (χ2n) is 4.27. The molecule has 0 fully saturated rings. The number of hydrogen-bond acceptors (Lipinski definition) is 8. The van der Waals surface area contributed by atoms with Gasteiger partial charge in [-0.15, -0.1) is 0 Å². The number of anilines is 1. The standard InChI is InChI=1S/C12H19NO8S2/c1-3-19-10-7-9(8-11(12(10)13)20-4-2)22(14,15)6-5-21-23(16,17)18/h7-8H,3-6,13H2,1-2H3,(H,16,17,18). The molecule has 0 atom stereocenters. The van der Waals surface area contributed by atoms with Crippen LogP contribution in [0.3, 0.4) is 0 Å². The van der Waals surface area contributed by atoms with Gasteiger partial charge >= 0.3 is 10.4 Å². The monoisotopic (exact) mass is 369 g/mol. The lowest BCUT2D eigenvalue weighted by molar-refractivity contribution is 0.283. The van der Waals surface area contributed by atoms with Crippen LogP contribution < -0.4 is 15.2 Å². The highest BCUT2D eigenvalue weighted by Gasteiger charge is 2.21. The van der Waals surface area contributed by atoms with Crippen LogP contribution in [0.2, 0.25) is 0 Å². The molecule has 0 heterocycles. The molecule has 0 aliphatic heterocycles. The molecule has 9 nitrogen and oxygen atoms in total. The Bertz CT molecular complexity index is 715. The summed E-state index contributed by atoms with van der Waals surface area (Å²) in [6, 6.07) is 2.45. The predicted molar refractivity (Wildman–Crippen MR) is 82.7 cm³/mol. The molecular weight excluding hydrogens is 350 g/mol. The minimum absolute atomic E-state index is 0.146. The van der Waals surface area contributed by atoms with Crippen LogP contribution in [0.1, 0.15) is 13.8 Å². The van der Waals surface area contributed by atoms with Gasteiger partial charge in [0.05, 0.1) is 30.5 Å². The Labute approximate surface area is 135 Å². The highest BCUT2D eigenvalue weighted by Crippen LogP contribution is 2.35. The molecule has 132 valence electrons. The highest BCUT2D eigenvalue weighted by molar-refractivity contribution is 7.91. The van der Waals surface area contributed by atoms with Crippen LogP contribution in [0.5, 0.6) is 11.5 Å². The lowest BCUT2D eigenvalue weighted by Gasteiger charge is -2.14. The van der Waals surface area contributed by atoms with Gasteiger partial charge < -0.3 is 15.2 Å². The minimum Gasteiger partial charge on any atom is -0.492 e. The fourth-order valence-electron chi connectivity index (χ4n) is 1.67. The first-order chi connectivity index (χ1) is 10.6. The van der Waals surface area contributed by atoms with Gasteiger partial charge in [0.25, 0.3) is 0 Å². The summed E-state index contributed by atoms with van der Waals surface area (Å²) >= 11 is 0. The molecule has 11 heteroatoms. The molecule has 0 aromatic heterocycles. The molecule has 1 rings (SSSR count). The van der Waals surface area contributed by atoms with E-state index in [1.165, 1.54) is 12.1 Å². The largest absolute Gasteiger partial charge is 0.492 e. The highest BCUT2D eigenvalue weighted by atomic mass is 32.3. The van der Waals surface area contributed by atoms with Crippen molar-refractivity contribution in [3.05, 3.63) is 12.1 Å². The van der Waals surface area contributed by atoms with Crippen LogP contribution in [-0.2, 0) is 24.4 Å². The van der Waals surface area contributed by atoms with Gasteiger partial charge in [-0.3, -0.25) is 4.55 Å². The molecule has 23 heavy (non-hydrogen) atoms. The average Bonchev–Trinajstić information content (AvgIpc) is 2.41. The molecular formula is C12H19NO8S2. The first-order valence-corrected chi connectivity index (χ1v) is 9.66. The van der Waals surface area contributed by atoms with Crippen LogP contribution >= 0.6 is 0 Å². The maximum Gasteiger partial charge on any atom is 0.397 e. The van der Waals surface area contributed by atoms with Crippen LogP contribution in [-0.4, -0.2) is 47.0 Å². The van der Waals surface area contributed by atoms with E-state index in [9.17, 15) is 16.8 Å². The first-order valence-electron chi connectivity index (χ1n) is 6.64. The minimum atomic E-state index is -4.70. The molecule has 3 N–H and O–H groups in total. The van der Waals surface area contributed by atoms with Crippen molar-refractivity contribution in [2.75, 3.05) is 31.3 Å². The second-order valence-corrected chi connectivity index (χ2v) is 7.47. The molecule has 0 aliphatic carbocycles. The van der Waals surface area contributed by atoms with Gasteiger partial charge in [0, 0.05) is 12.1 Å². The molecule has 0 aliphatic rings. The number of nitrogens with two attached hydrogens (primary N) is 1. The van der Waals surface area contributed by atoms with Crippen molar-refractivity contribution >= 4 is 25.9 Å². The Hall–Kier alpha value is -1.56. The smallest absolute Gasteiger partial charge is 0.397 e. The van der Waals surface area contributed by atoms with E-state index in [-0.39, 0.29) is 35.3 Å². The molecule has 0 spiro atoms. The van der Waals surface area contributed by atoms with E-state index in [2.05, 4.69) is 4.18 Å². The lowest BCUT2D eigenvalue weighted by Crippen LogP contribution is -2.16. The van der Waals surface area contributed by atoms with E-state index in [1.54, 1.807) is 13.8 Å². The van der Waals surface area contributed by atoms with E-state index >= 15 is 0 Å². The summed E-state index contributed by atoms with van der Waals surface area (Å²) in [5.41, 5.74) is 6.01. The van der Waals surface area contributed by atoms with Gasteiger partial charge in [-0.2, -0.15) is 8.42 Å². The van der Waals surface area contributed by atoms with E-state index in [0.29, 0.717) is 0 Å². The first kappa shape index (κ1) is 19.5. The number of sulfone groups is 1. The number of ether oxygens (including phenoxy) is 2. The molecule has 1 aromatic carbocycles. The van der Waals surface area contributed by atoms with E-state index in [0.717, 1.165) is 0 Å². The van der Waals surface area contributed by atoms with Gasteiger partial charge in [-0.1, -0.05) is 0 Å². The fourth-order valence-corrected chi connectivity index (χ4v) is 3.18. The average molecular weight is 369 g/mol. The van der Waals surface area contributed by atoms with Crippen LogP contribution in [0.15, 0.2) is 17.0 Å². The van der Waals surface area contributed by atoms with Crippen molar-refractivity contribution in [3.8, 4) is 11.5 Å². The second kappa shape index (κ2) is 7.81. The molecule has 0 bridgehead atoms. The maximum atomic E-state index is 12.2. The molecule has 0 unspecified atom stereocenters. The van der Waals surface area contributed by atoms with E-state index < -0.39 is 32.6 Å². The quantitative estimate of drug-likeness (QED) is 0.474. The summed E-state index contributed by atoms with van der Waals surface area (Å²) in [6.45, 7) is 3.23. The van der Waals surface area contributed by atoms with Gasteiger partial charge in [0.15, 0.2) is 9.84 Å². The zero-order valence-corrected chi connectivity index (χ0v) is 14.3. The topological polar surface area (TPSA) is 142 Å². The van der Waals surface area contributed by atoms with Crippen molar-refractivity contribution in [2.24, 2.45) is 0 Å². The van der Waals surface area contributed by atoms with Crippen molar-refractivity contribution in [1.29, 1.82) is 0 Å². The summed E-state index contributed by atoms with van der Waals surface area (Å²) in [7, 11) is -8.60. The van der Waals surface area contributed by atoms with Crippen LogP contribution in [0, 0.1) is 0 Å². The third-order valence-electron chi connectivity index (χ3n) is 2.62. The number of benzene rings is 1. The van der Waals surface area contributed by atoms with Crippen LogP contribution in [0.25, 0.3) is 0 Å². The SMILES string of the molecule is CCOc1cc(S(=O)(=O)CCOS(=O)(=O)O)cc(OCC)c1N. The third kappa shape index (κ3) is 5.86. The normalized spacial score (nSPS) is 12.1. The predicted octanol–water partition coefficient (Wildman–Crippen LogP) is 0.659. The zero-order chi connectivity index (χ0) is 17.7. The van der Waals surface area contributed by atoms with Crippen molar-refractivity contribution in [3.63, 3.8) is 0 Å². The Balaban J connectivity index is 3.13. The van der Waals surface area contributed by atoms with Crippen molar-refractivity contribution in [2.45, 2.75) is 18.7 Å². The molecule has 1 aromatic rings. The fraction of sp³-hybridized carbons (Fsp3) is 0.500. The van der Waals surface area contributed by atoms with Gasteiger partial charge in [0.1, 0.15) is 17.2 Å². The Morgan fingerprint density at radius 2 is 1.52 bits per heavy atom. The molecule has 0 amide bonds. The summed E-state index contributed by atoms with van der Waals surface area (Å²) < 4.78 is 68.4. The number of hydrogen-bond donors (Lipinski definition) is 2. The Kier molecular flexibility index (Phi) is 6.62. The van der Waals surface area contributed by atoms with Crippen molar-refractivity contribution in [1.82, 2.24) is 0 Å². The van der Waals surface area contributed by atoms with Gasteiger partial charge in [0.2, 0.25) is 0 Å². The third-order valence-corrected chi connectivity index (χ3v) is 4.74. The molecule has 0 saturated heterocycles. The van der Waals surface area contributed by atoms with E-state index in [4.69, 9.17) is 19.8 Å². The lowest BCUT2D eigenvalue weighted by atomic mass is 10.2. The summed E-state index contributed by atoms with van der Waals surface area (Å²) in [5, 5.41) is 0. The summed E-state index contributed by atoms with van der Waals surface area (Å²) in [5.74, 6) is -0.367. The zero-order valence-electron chi connectivity index (χ0n) is 12.7. The Morgan fingerprint density at radius 1 is 1.04 bits per heavy atom. The number of nitrogen functional groups attached to an aromatic ring is 1. The van der Waals surface area contributed by atoms with Gasteiger partial charge in [-0.25, -0.2) is 12.6 Å². The summed E-state index contributed by atoms with van der Waals surface area (Å²) in [6.07, 6.45) is 0. The maximum absolute atomic E-state index is 12.2. The molecule has 0 saturated carbocycles. The van der Waals surface area contributed by atoms with E-state index in [1.807, 2.05) is 0 Å². The number of rotatable bonds is 9. The summed E-state index contributed by atoms with van der Waals surface area (Å²) in [4.78, 5) is -0.155. The molecule has 0 radical (unpaired) electrons.